The predicted octanol–water partition coefficient (Wildman–Crippen LogP) is 3.47. The first-order valence-corrected chi connectivity index (χ1v) is 12.5. The molecular formula is C24H27N3O3S. The van der Waals surface area contributed by atoms with E-state index in [2.05, 4.69) is 29.3 Å². The molecule has 2 aliphatic rings. The minimum absolute atomic E-state index is 0.0715. The lowest BCUT2D eigenvalue weighted by Crippen LogP contribution is -2.34. The highest BCUT2D eigenvalue weighted by Gasteiger charge is 2.26. The van der Waals surface area contributed by atoms with Gasteiger partial charge in [0.05, 0.1) is 16.2 Å². The van der Waals surface area contributed by atoms with Gasteiger partial charge in [0.25, 0.3) is 0 Å². The Labute approximate surface area is 183 Å². The summed E-state index contributed by atoms with van der Waals surface area (Å²) < 4.78 is 32.0. The van der Waals surface area contributed by atoms with Crippen molar-refractivity contribution in [1.82, 2.24) is 10.3 Å². The van der Waals surface area contributed by atoms with Crippen LogP contribution >= 0.6 is 0 Å². The number of nitrogens with zero attached hydrogens (tertiary/aromatic N) is 2. The number of piperidine rings is 1. The number of sulfone groups is 1. The lowest BCUT2D eigenvalue weighted by molar-refractivity contribution is 0.164. The number of anilines is 1. The van der Waals surface area contributed by atoms with Crippen LogP contribution in [0.2, 0.25) is 0 Å². The molecule has 0 atom stereocenters. The molecule has 0 unspecified atom stereocenters. The van der Waals surface area contributed by atoms with Crippen molar-refractivity contribution in [2.75, 3.05) is 30.3 Å². The van der Waals surface area contributed by atoms with E-state index in [1.807, 2.05) is 24.3 Å². The molecule has 7 heteroatoms. The Kier molecular flexibility index (Phi) is 5.32. The SMILES string of the molecule is Cc1ccc2nc(N3CCS(=O)(=O)c4ccccc4C3)cc(OC3CCNCC3)c2c1. The van der Waals surface area contributed by atoms with Gasteiger partial charge in [0.15, 0.2) is 9.84 Å². The van der Waals surface area contributed by atoms with Gasteiger partial charge in [-0.25, -0.2) is 13.4 Å². The first-order valence-electron chi connectivity index (χ1n) is 10.8. The van der Waals surface area contributed by atoms with Crippen molar-refractivity contribution in [3.63, 3.8) is 0 Å². The van der Waals surface area contributed by atoms with Gasteiger partial charge >= 0.3 is 0 Å². The summed E-state index contributed by atoms with van der Waals surface area (Å²) in [6.45, 7) is 4.89. The summed E-state index contributed by atoms with van der Waals surface area (Å²) in [5.74, 6) is 1.66. The average molecular weight is 438 g/mol. The molecule has 1 saturated heterocycles. The molecule has 3 heterocycles. The van der Waals surface area contributed by atoms with Crippen molar-refractivity contribution in [2.45, 2.75) is 37.3 Å². The predicted molar refractivity (Wildman–Crippen MR) is 123 cm³/mol. The summed E-state index contributed by atoms with van der Waals surface area (Å²) in [5, 5.41) is 4.38. The van der Waals surface area contributed by atoms with Crippen LogP contribution < -0.4 is 15.0 Å². The van der Waals surface area contributed by atoms with Crippen LogP contribution in [0.15, 0.2) is 53.4 Å². The number of nitrogens with one attached hydrogen (secondary N) is 1. The van der Waals surface area contributed by atoms with Crippen molar-refractivity contribution in [3.8, 4) is 5.75 Å². The third kappa shape index (κ3) is 4.12. The molecule has 5 rings (SSSR count). The van der Waals surface area contributed by atoms with Gasteiger partial charge in [0.1, 0.15) is 17.7 Å². The molecule has 3 aromatic rings. The summed E-state index contributed by atoms with van der Waals surface area (Å²) in [7, 11) is -3.31. The largest absolute Gasteiger partial charge is 0.489 e. The van der Waals surface area contributed by atoms with Crippen molar-refractivity contribution < 1.29 is 13.2 Å². The number of aromatic nitrogens is 1. The molecule has 1 fully saturated rings. The zero-order valence-corrected chi connectivity index (χ0v) is 18.5. The molecule has 0 bridgehead atoms. The van der Waals surface area contributed by atoms with E-state index in [0.717, 1.165) is 59.5 Å². The molecule has 1 aromatic heterocycles. The Morgan fingerprint density at radius 1 is 1.10 bits per heavy atom. The Morgan fingerprint density at radius 3 is 2.74 bits per heavy atom. The second-order valence-corrected chi connectivity index (χ2v) is 10.5. The fourth-order valence-electron chi connectivity index (χ4n) is 4.41. The Morgan fingerprint density at radius 2 is 1.90 bits per heavy atom. The Balaban J connectivity index is 1.56. The van der Waals surface area contributed by atoms with Gasteiger partial charge in [0.2, 0.25) is 0 Å². The molecule has 0 aliphatic carbocycles. The standard InChI is InChI=1S/C24H27N3O3S/c1-17-6-7-21-20(14-17)22(30-19-8-10-25-11-9-19)15-24(26-21)27-12-13-31(28,29)23-5-3-2-4-18(23)16-27/h2-7,14-15,19,25H,8-13,16H2,1H3. The molecule has 0 radical (unpaired) electrons. The number of hydrogen-bond acceptors (Lipinski definition) is 6. The Hall–Kier alpha value is -2.64. The van der Waals surface area contributed by atoms with Crippen LogP contribution in [0.5, 0.6) is 5.75 Å². The van der Waals surface area contributed by atoms with Gasteiger partial charge in [0, 0.05) is 24.5 Å². The van der Waals surface area contributed by atoms with E-state index in [-0.39, 0.29) is 11.9 Å². The van der Waals surface area contributed by atoms with Crippen molar-refractivity contribution >= 4 is 26.6 Å². The fourth-order valence-corrected chi connectivity index (χ4v) is 5.90. The normalized spacial score (nSPS) is 19.1. The molecular weight excluding hydrogens is 410 g/mol. The Bertz CT molecular complexity index is 1220. The van der Waals surface area contributed by atoms with E-state index >= 15 is 0 Å². The third-order valence-electron chi connectivity index (χ3n) is 6.12. The molecule has 6 nitrogen and oxygen atoms in total. The fraction of sp³-hybridized carbons (Fsp3) is 0.375. The second-order valence-electron chi connectivity index (χ2n) is 8.41. The van der Waals surface area contributed by atoms with E-state index in [4.69, 9.17) is 9.72 Å². The zero-order chi connectivity index (χ0) is 21.4. The highest BCUT2D eigenvalue weighted by molar-refractivity contribution is 7.91. The molecule has 2 aromatic carbocycles. The monoisotopic (exact) mass is 437 g/mol. The summed E-state index contributed by atoms with van der Waals surface area (Å²) in [6.07, 6.45) is 2.12. The molecule has 0 saturated carbocycles. The first-order chi connectivity index (χ1) is 15.0. The van der Waals surface area contributed by atoms with Gasteiger partial charge in [-0.05, 0) is 56.6 Å². The number of pyridine rings is 1. The molecule has 162 valence electrons. The minimum Gasteiger partial charge on any atom is -0.489 e. The van der Waals surface area contributed by atoms with E-state index < -0.39 is 9.84 Å². The molecule has 31 heavy (non-hydrogen) atoms. The van der Waals surface area contributed by atoms with E-state index in [1.54, 1.807) is 12.1 Å². The number of rotatable bonds is 3. The van der Waals surface area contributed by atoms with Crippen LogP contribution in [0.4, 0.5) is 5.82 Å². The number of ether oxygens (including phenoxy) is 1. The lowest BCUT2D eigenvalue weighted by atomic mass is 10.1. The highest BCUT2D eigenvalue weighted by atomic mass is 32.2. The number of benzene rings is 2. The summed E-state index contributed by atoms with van der Waals surface area (Å²) in [5.41, 5.74) is 2.84. The molecule has 0 amide bonds. The molecule has 1 N–H and O–H groups in total. The van der Waals surface area contributed by atoms with Gasteiger partial charge in [-0.15, -0.1) is 0 Å². The van der Waals surface area contributed by atoms with Crippen LogP contribution in [0.3, 0.4) is 0 Å². The maximum Gasteiger partial charge on any atom is 0.180 e. The van der Waals surface area contributed by atoms with Crippen LogP contribution in [-0.2, 0) is 16.4 Å². The van der Waals surface area contributed by atoms with E-state index in [0.29, 0.717) is 18.0 Å². The van der Waals surface area contributed by atoms with Gasteiger partial charge in [-0.3, -0.25) is 0 Å². The molecule has 0 spiro atoms. The van der Waals surface area contributed by atoms with Crippen LogP contribution in [0.25, 0.3) is 10.9 Å². The van der Waals surface area contributed by atoms with Crippen molar-refractivity contribution in [2.24, 2.45) is 0 Å². The third-order valence-corrected chi connectivity index (χ3v) is 7.90. The zero-order valence-electron chi connectivity index (χ0n) is 17.7. The number of hydrogen-bond donors (Lipinski definition) is 1. The highest BCUT2D eigenvalue weighted by Crippen LogP contribution is 2.33. The van der Waals surface area contributed by atoms with E-state index in [1.165, 1.54) is 0 Å². The second kappa shape index (κ2) is 8.13. The number of aryl methyl sites for hydroxylation is 1. The van der Waals surface area contributed by atoms with Crippen LogP contribution in [0.1, 0.15) is 24.0 Å². The van der Waals surface area contributed by atoms with Crippen molar-refractivity contribution in [3.05, 3.63) is 59.7 Å². The lowest BCUT2D eigenvalue weighted by Gasteiger charge is -2.26. The van der Waals surface area contributed by atoms with Gasteiger partial charge in [-0.1, -0.05) is 29.8 Å². The minimum atomic E-state index is -3.31. The smallest absolute Gasteiger partial charge is 0.180 e. The van der Waals surface area contributed by atoms with Gasteiger partial charge < -0.3 is 15.0 Å². The summed E-state index contributed by atoms with van der Waals surface area (Å²) in [6, 6.07) is 15.4. The number of fused-ring (bicyclic) bond motifs is 2. The van der Waals surface area contributed by atoms with E-state index in [9.17, 15) is 8.42 Å². The molecule has 2 aliphatic heterocycles. The van der Waals surface area contributed by atoms with Crippen LogP contribution in [-0.4, -0.2) is 44.9 Å². The topological polar surface area (TPSA) is 71.5 Å². The van der Waals surface area contributed by atoms with Gasteiger partial charge in [-0.2, -0.15) is 0 Å². The maximum atomic E-state index is 12.8. The maximum absolute atomic E-state index is 12.8. The first kappa shape index (κ1) is 20.3. The quantitative estimate of drug-likeness (QED) is 0.677. The van der Waals surface area contributed by atoms with Crippen LogP contribution in [0, 0.1) is 6.92 Å². The summed E-state index contributed by atoms with van der Waals surface area (Å²) >= 11 is 0. The summed E-state index contributed by atoms with van der Waals surface area (Å²) in [4.78, 5) is 7.38. The van der Waals surface area contributed by atoms with Crippen molar-refractivity contribution in [1.29, 1.82) is 0 Å². The average Bonchev–Trinajstić information content (AvgIpc) is 2.91.